The van der Waals surface area contributed by atoms with Crippen LogP contribution in [0.2, 0.25) is 0 Å². The van der Waals surface area contributed by atoms with Crippen molar-refractivity contribution in [2.45, 2.75) is 24.9 Å². The minimum absolute atomic E-state index is 0.0398. The molecule has 1 aliphatic rings. The van der Waals surface area contributed by atoms with E-state index in [2.05, 4.69) is 0 Å². The van der Waals surface area contributed by atoms with Gasteiger partial charge in [0.1, 0.15) is 9.84 Å². The average molecular weight is 279 g/mol. The first kappa shape index (κ1) is 15.4. The molecule has 0 unspecified atom stereocenters. The van der Waals surface area contributed by atoms with E-state index in [1.165, 1.54) is 4.90 Å². The summed E-state index contributed by atoms with van der Waals surface area (Å²) >= 11 is 0. The molecule has 1 aliphatic heterocycles. The number of sulfone groups is 1. The number of rotatable bonds is 5. The van der Waals surface area contributed by atoms with Crippen LogP contribution in [0.15, 0.2) is 0 Å². The van der Waals surface area contributed by atoms with Gasteiger partial charge in [0, 0.05) is 52.3 Å². The van der Waals surface area contributed by atoms with E-state index in [9.17, 15) is 18.3 Å². The van der Waals surface area contributed by atoms with Crippen LogP contribution in [0.3, 0.4) is 0 Å². The molecule has 0 saturated carbocycles. The highest BCUT2D eigenvalue weighted by atomic mass is 32.2. The summed E-state index contributed by atoms with van der Waals surface area (Å²) in [5.74, 6) is -0.419. The number of ether oxygens (including phenoxy) is 1. The molecule has 1 rings (SSSR count). The quantitative estimate of drug-likeness (QED) is 0.728. The Morgan fingerprint density at radius 3 is 2.44 bits per heavy atom. The maximum atomic E-state index is 11.7. The Labute approximate surface area is 108 Å². The minimum Gasteiger partial charge on any atom is -0.388 e. The maximum Gasteiger partial charge on any atom is 0.223 e. The lowest BCUT2D eigenvalue weighted by atomic mass is 9.94. The zero-order valence-electron chi connectivity index (χ0n) is 10.9. The SMILES string of the molecule is CN(CC1(O)CCOCC1)C(=O)CCS(C)(=O)=O. The smallest absolute Gasteiger partial charge is 0.223 e. The predicted molar refractivity (Wildman–Crippen MR) is 67.0 cm³/mol. The van der Waals surface area contributed by atoms with Gasteiger partial charge in [-0.05, 0) is 0 Å². The number of carbonyl (C=O) groups is 1. The van der Waals surface area contributed by atoms with Crippen LogP contribution in [0.4, 0.5) is 0 Å². The van der Waals surface area contributed by atoms with Crippen molar-refractivity contribution in [3.8, 4) is 0 Å². The van der Waals surface area contributed by atoms with E-state index in [1.807, 2.05) is 0 Å². The zero-order valence-corrected chi connectivity index (χ0v) is 11.7. The summed E-state index contributed by atoms with van der Waals surface area (Å²) in [4.78, 5) is 13.1. The molecular weight excluding hydrogens is 258 g/mol. The van der Waals surface area contributed by atoms with E-state index in [-0.39, 0.29) is 24.6 Å². The van der Waals surface area contributed by atoms with Crippen LogP contribution in [0.1, 0.15) is 19.3 Å². The molecule has 1 fully saturated rings. The average Bonchev–Trinajstić information content (AvgIpc) is 2.25. The summed E-state index contributed by atoms with van der Waals surface area (Å²) < 4.78 is 27.1. The van der Waals surface area contributed by atoms with Crippen molar-refractivity contribution in [3.63, 3.8) is 0 Å². The Balaban J connectivity index is 2.44. The molecule has 18 heavy (non-hydrogen) atoms. The molecule has 0 spiro atoms. The second kappa shape index (κ2) is 5.99. The van der Waals surface area contributed by atoms with Crippen LogP contribution in [0, 0.1) is 0 Å². The first-order valence-corrected chi connectivity index (χ1v) is 8.00. The van der Waals surface area contributed by atoms with Gasteiger partial charge >= 0.3 is 0 Å². The third kappa shape index (κ3) is 5.32. The highest BCUT2D eigenvalue weighted by molar-refractivity contribution is 7.90. The van der Waals surface area contributed by atoms with E-state index in [0.29, 0.717) is 26.1 Å². The highest BCUT2D eigenvalue weighted by Gasteiger charge is 2.32. The van der Waals surface area contributed by atoms with E-state index in [0.717, 1.165) is 6.26 Å². The lowest BCUT2D eigenvalue weighted by Gasteiger charge is -2.35. The second-order valence-corrected chi connectivity index (χ2v) is 7.23. The standard InChI is InChI=1S/C11H21NO5S/c1-12(10(13)3-8-18(2,15)16)9-11(14)4-6-17-7-5-11/h14H,3-9H2,1-2H3. The van der Waals surface area contributed by atoms with E-state index >= 15 is 0 Å². The van der Waals surface area contributed by atoms with Gasteiger partial charge in [-0.15, -0.1) is 0 Å². The van der Waals surface area contributed by atoms with Crippen LogP contribution in [0.25, 0.3) is 0 Å². The fourth-order valence-electron chi connectivity index (χ4n) is 1.90. The van der Waals surface area contributed by atoms with Crippen molar-refractivity contribution in [1.29, 1.82) is 0 Å². The Bertz CT molecular complexity index is 386. The van der Waals surface area contributed by atoms with Crippen LogP contribution < -0.4 is 0 Å². The third-order valence-corrected chi connectivity index (χ3v) is 4.01. The Morgan fingerprint density at radius 1 is 1.39 bits per heavy atom. The first-order chi connectivity index (χ1) is 8.22. The van der Waals surface area contributed by atoms with Crippen molar-refractivity contribution >= 4 is 15.7 Å². The molecule has 0 aromatic heterocycles. The summed E-state index contributed by atoms with van der Waals surface area (Å²) in [6.07, 6.45) is 2.06. The highest BCUT2D eigenvalue weighted by Crippen LogP contribution is 2.21. The van der Waals surface area contributed by atoms with E-state index in [1.54, 1.807) is 7.05 Å². The fourth-order valence-corrected chi connectivity index (χ4v) is 2.45. The molecular formula is C11H21NO5S. The number of hydrogen-bond donors (Lipinski definition) is 1. The monoisotopic (exact) mass is 279 g/mol. The Morgan fingerprint density at radius 2 is 1.94 bits per heavy atom. The molecule has 7 heteroatoms. The Hall–Kier alpha value is -0.660. The molecule has 1 saturated heterocycles. The van der Waals surface area contributed by atoms with E-state index < -0.39 is 15.4 Å². The van der Waals surface area contributed by atoms with Gasteiger partial charge in [0.05, 0.1) is 11.4 Å². The largest absolute Gasteiger partial charge is 0.388 e. The van der Waals surface area contributed by atoms with Gasteiger partial charge < -0.3 is 14.7 Å². The molecule has 1 heterocycles. The summed E-state index contributed by atoms with van der Waals surface area (Å²) in [5.41, 5.74) is -0.909. The topological polar surface area (TPSA) is 83.9 Å². The molecule has 0 aromatic rings. The third-order valence-electron chi connectivity index (χ3n) is 3.07. The van der Waals surface area contributed by atoms with Crippen LogP contribution in [0.5, 0.6) is 0 Å². The van der Waals surface area contributed by atoms with Gasteiger partial charge in [0.25, 0.3) is 0 Å². The maximum absolute atomic E-state index is 11.7. The number of amides is 1. The predicted octanol–water partition coefficient (Wildman–Crippen LogP) is -0.579. The van der Waals surface area contributed by atoms with Gasteiger partial charge in [-0.2, -0.15) is 0 Å². The number of nitrogens with zero attached hydrogens (tertiary/aromatic N) is 1. The molecule has 1 N–H and O–H groups in total. The van der Waals surface area contributed by atoms with Gasteiger partial charge in [-0.1, -0.05) is 0 Å². The van der Waals surface area contributed by atoms with E-state index in [4.69, 9.17) is 4.74 Å². The van der Waals surface area contributed by atoms with Gasteiger partial charge in [0.15, 0.2) is 0 Å². The molecule has 1 amide bonds. The van der Waals surface area contributed by atoms with Crippen molar-refractivity contribution in [2.75, 3.05) is 38.8 Å². The summed E-state index contributed by atoms with van der Waals surface area (Å²) in [7, 11) is -1.55. The van der Waals surface area contributed by atoms with Crippen LogP contribution in [-0.2, 0) is 19.4 Å². The summed E-state index contributed by atoms with van der Waals surface area (Å²) in [6, 6.07) is 0. The molecule has 106 valence electrons. The lowest BCUT2D eigenvalue weighted by molar-refractivity contribution is -0.136. The normalized spacial score (nSPS) is 19.5. The lowest BCUT2D eigenvalue weighted by Crippen LogP contribution is -2.47. The molecule has 0 aromatic carbocycles. The minimum atomic E-state index is -3.13. The molecule has 0 radical (unpaired) electrons. The van der Waals surface area contributed by atoms with Crippen molar-refractivity contribution in [1.82, 2.24) is 4.90 Å². The van der Waals surface area contributed by atoms with Crippen LogP contribution >= 0.6 is 0 Å². The summed E-state index contributed by atoms with van der Waals surface area (Å²) in [6.45, 7) is 1.20. The Kier molecular flexibility index (Phi) is 5.12. The summed E-state index contributed by atoms with van der Waals surface area (Å²) in [5, 5.41) is 10.2. The van der Waals surface area contributed by atoms with Crippen LogP contribution in [-0.4, -0.2) is 68.7 Å². The zero-order chi connectivity index (χ0) is 13.8. The first-order valence-electron chi connectivity index (χ1n) is 5.94. The number of carbonyl (C=O) groups excluding carboxylic acids is 1. The second-order valence-electron chi connectivity index (χ2n) is 4.97. The fraction of sp³-hybridized carbons (Fsp3) is 0.909. The number of likely N-dealkylation sites (N-methyl/N-ethyl adjacent to an activating group) is 1. The van der Waals surface area contributed by atoms with Gasteiger partial charge in [-0.3, -0.25) is 4.79 Å². The van der Waals surface area contributed by atoms with Gasteiger partial charge in [0.2, 0.25) is 5.91 Å². The van der Waals surface area contributed by atoms with Crippen molar-refractivity contribution in [3.05, 3.63) is 0 Å². The number of aliphatic hydroxyl groups is 1. The van der Waals surface area contributed by atoms with Crippen molar-refractivity contribution < 1.29 is 23.1 Å². The number of hydrogen-bond acceptors (Lipinski definition) is 5. The molecule has 0 bridgehead atoms. The van der Waals surface area contributed by atoms with Crippen molar-refractivity contribution in [2.24, 2.45) is 0 Å². The molecule has 0 aliphatic carbocycles. The molecule has 6 nitrogen and oxygen atoms in total. The van der Waals surface area contributed by atoms with Gasteiger partial charge in [-0.25, -0.2) is 8.42 Å². The molecule has 0 atom stereocenters.